The highest BCUT2D eigenvalue weighted by molar-refractivity contribution is 7.89. The number of nitrogens with one attached hydrogen (secondary N) is 2. The Morgan fingerprint density at radius 2 is 1.87 bits per heavy atom. The van der Waals surface area contributed by atoms with Gasteiger partial charge >= 0.3 is 6.03 Å². The highest BCUT2D eigenvalue weighted by Gasteiger charge is 2.38. The van der Waals surface area contributed by atoms with Crippen molar-refractivity contribution in [3.05, 3.63) is 24.4 Å². The highest BCUT2D eigenvalue weighted by atomic mass is 32.2. The van der Waals surface area contributed by atoms with Crippen LogP contribution in [-0.4, -0.2) is 91.3 Å². The van der Waals surface area contributed by atoms with Crippen LogP contribution < -0.4 is 10.6 Å². The van der Waals surface area contributed by atoms with Gasteiger partial charge in [-0.05, 0) is 50.7 Å². The number of Topliss-reactive ketones (excluding diaryl/α,β-unsaturated/α-hetero) is 1. The molecular weight excluding hydrogens is 510 g/mol. The van der Waals surface area contributed by atoms with E-state index in [2.05, 4.69) is 15.6 Å². The number of hydrogen-bond acceptors (Lipinski definition) is 7. The average Bonchev–Trinajstić information content (AvgIpc) is 3.41. The minimum atomic E-state index is -3.97. The molecule has 0 bridgehead atoms. The molecule has 3 heterocycles. The van der Waals surface area contributed by atoms with Crippen LogP contribution in [0.1, 0.15) is 58.3 Å². The molecule has 2 aliphatic heterocycles. The predicted octanol–water partition coefficient (Wildman–Crippen LogP) is 1.69. The van der Waals surface area contributed by atoms with Crippen molar-refractivity contribution < 1.29 is 27.5 Å². The summed E-state index contributed by atoms with van der Waals surface area (Å²) >= 11 is 0. The van der Waals surface area contributed by atoms with Crippen LogP contribution >= 0.6 is 0 Å². The van der Waals surface area contributed by atoms with Gasteiger partial charge in [0.05, 0.1) is 25.8 Å². The molecule has 3 aliphatic rings. The van der Waals surface area contributed by atoms with E-state index in [4.69, 9.17) is 4.74 Å². The normalized spacial score (nSPS) is 24.6. The fourth-order valence-electron chi connectivity index (χ4n) is 5.48. The van der Waals surface area contributed by atoms with Crippen molar-refractivity contribution in [3.63, 3.8) is 0 Å². The zero-order valence-corrected chi connectivity index (χ0v) is 22.8. The number of ketones is 1. The molecule has 0 aromatic carbocycles. The van der Waals surface area contributed by atoms with E-state index >= 15 is 0 Å². The summed E-state index contributed by atoms with van der Waals surface area (Å²) in [5.41, 5.74) is 0. The molecule has 1 aromatic heterocycles. The summed E-state index contributed by atoms with van der Waals surface area (Å²) in [4.78, 5) is 45.1. The Morgan fingerprint density at radius 3 is 2.55 bits per heavy atom. The second-order valence-electron chi connectivity index (χ2n) is 10.5. The second-order valence-corrected chi connectivity index (χ2v) is 12.3. The third kappa shape index (κ3) is 7.09. The second kappa shape index (κ2) is 13.0. The van der Waals surface area contributed by atoms with E-state index in [1.165, 1.54) is 29.4 Å². The van der Waals surface area contributed by atoms with Crippen LogP contribution in [0.15, 0.2) is 29.4 Å². The maximum absolute atomic E-state index is 13.4. The summed E-state index contributed by atoms with van der Waals surface area (Å²) in [5.74, 6) is -0.246. The average molecular weight is 550 g/mol. The number of carbonyl (C=O) groups excluding carboxylic acids is 3. The van der Waals surface area contributed by atoms with E-state index in [1.54, 1.807) is 24.0 Å². The van der Waals surface area contributed by atoms with E-state index < -0.39 is 34.1 Å². The quantitative estimate of drug-likeness (QED) is 0.503. The molecule has 0 spiro atoms. The first-order valence-electron chi connectivity index (χ1n) is 13.6. The topological polar surface area (TPSA) is 138 Å². The van der Waals surface area contributed by atoms with Crippen LogP contribution in [0, 0.1) is 5.92 Å². The Bertz CT molecular complexity index is 1070. The van der Waals surface area contributed by atoms with E-state index in [1.807, 2.05) is 0 Å². The van der Waals surface area contributed by atoms with Gasteiger partial charge in [0.15, 0.2) is 10.8 Å². The zero-order valence-electron chi connectivity index (χ0n) is 22.0. The van der Waals surface area contributed by atoms with Crippen molar-refractivity contribution in [1.29, 1.82) is 0 Å². The monoisotopic (exact) mass is 549 g/mol. The van der Waals surface area contributed by atoms with E-state index in [9.17, 15) is 22.8 Å². The molecule has 1 aliphatic carbocycles. The van der Waals surface area contributed by atoms with Crippen LogP contribution in [0.2, 0.25) is 0 Å². The summed E-state index contributed by atoms with van der Waals surface area (Å²) in [6.45, 7) is 3.24. The summed E-state index contributed by atoms with van der Waals surface area (Å²) in [6.07, 6.45) is 8.07. The maximum Gasteiger partial charge on any atom is 0.318 e. The minimum Gasteiger partial charge on any atom is -0.378 e. The van der Waals surface area contributed by atoms with Crippen molar-refractivity contribution in [3.8, 4) is 0 Å². The van der Waals surface area contributed by atoms with Crippen molar-refractivity contribution >= 4 is 27.7 Å². The van der Waals surface area contributed by atoms with Crippen LogP contribution in [0.5, 0.6) is 0 Å². The fourth-order valence-corrected chi connectivity index (χ4v) is 7.04. The highest BCUT2D eigenvalue weighted by Crippen LogP contribution is 2.29. The lowest BCUT2D eigenvalue weighted by molar-refractivity contribution is -0.129. The van der Waals surface area contributed by atoms with Gasteiger partial charge in [0, 0.05) is 25.3 Å². The van der Waals surface area contributed by atoms with Crippen molar-refractivity contribution in [2.45, 2.75) is 81.4 Å². The number of aromatic nitrogens is 1. The van der Waals surface area contributed by atoms with Gasteiger partial charge in [-0.2, -0.15) is 4.31 Å². The Kier molecular flexibility index (Phi) is 9.72. The van der Waals surface area contributed by atoms with Crippen LogP contribution in [0.4, 0.5) is 4.79 Å². The molecule has 0 radical (unpaired) electrons. The molecule has 4 rings (SSSR count). The lowest BCUT2D eigenvalue weighted by Gasteiger charge is -2.30. The van der Waals surface area contributed by atoms with E-state index in [-0.39, 0.29) is 23.4 Å². The predicted molar refractivity (Wildman–Crippen MR) is 140 cm³/mol. The summed E-state index contributed by atoms with van der Waals surface area (Å²) in [5, 5.41) is 5.62. The molecule has 12 heteroatoms. The lowest BCUT2D eigenvalue weighted by Crippen LogP contribution is -2.56. The molecule has 3 atom stereocenters. The molecular formula is C26H39N5O6S. The van der Waals surface area contributed by atoms with E-state index in [0.717, 1.165) is 19.3 Å². The summed E-state index contributed by atoms with van der Waals surface area (Å²) in [6, 6.07) is 2.27. The van der Waals surface area contributed by atoms with Gasteiger partial charge in [-0.15, -0.1) is 0 Å². The molecule has 0 unspecified atom stereocenters. The first-order valence-corrected chi connectivity index (χ1v) is 15.1. The SMILES string of the molecule is C[C@@H]1CC[C@H](NC(=O)[C@@H](CCC2CCCC2)NC(=O)N2CCOCC2)C(=O)CN1S(=O)(=O)c1ccccn1. The summed E-state index contributed by atoms with van der Waals surface area (Å²) in [7, 11) is -3.97. The molecule has 38 heavy (non-hydrogen) atoms. The number of rotatable bonds is 8. The van der Waals surface area contributed by atoms with Crippen LogP contribution in [-0.2, 0) is 24.3 Å². The Balaban J connectivity index is 1.42. The molecule has 210 valence electrons. The number of amides is 3. The largest absolute Gasteiger partial charge is 0.378 e. The van der Waals surface area contributed by atoms with Gasteiger partial charge in [-0.3, -0.25) is 9.59 Å². The van der Waals surface area contributed by atoms with Crippen molar-refractivity contribution in [1.82, 2.24) is 24.8 Å². The van der Waals surface area contributed by atoms with Gasteiger partial charge in [0.25, 0.3) is 10.0 Å². The number of morpholine rings is 1. The summed E-state index contributed by atoms with van der Waals surface area (Å²) < 4.78 is 32.8. The molecule has 11 nitrogen and oxygen atoms in total. The molecule has 1 saturated carbocycles. The minimum absolute atomic E-state index is 0.111. The molecule has 3 amide bonds. The number of urea groups is 1. The molecule has 2 saturated heterocycles. The van der Waals surface area contributed by atoms with Gasteiger partial charge in [-0.1, -0.05) is 31.7 Å². The smallest absolute Gasteiger partial charge is 0.318 e. The Morgan fingerprint density at radius 1 is 1.13 bits per heavy atom. The Labute approximate surface area is 224 Å². The number of sulfonamides is 1. The molecule has 3 fully saturated rings. The van der Waals surface area contributed by atoms with Gasteiger partial charge in [-0.25, -0.2) is 18.2 Å². The standard InChI is InChI=1S/C26H39N5O6S/c1-19-9-11-21(23(32)18-31(19)38(35,36)24-8-4-5-13-27-24)28-25(33)22(12-10-20-6-2-3-7-20)29-26(34)30-14-16-37-17-15-30/h4-5,8,13,19-22H,2-3,6-7,9-12,14-18H2,1H3,(H,28,33)(H,29,34)/t19-,21+,22-/m1/s1. The number of hydrogen-bond donors (Lipinski definition) is 2. The number of pyridine rings is 1. The molecule has 2 N–H and O–H groups in total. The Hall–Kier alpha value is -2.57. The van der Waals surface area contributed by atoms with Crippen LogP contribution in [0.25, 0.3) is 0 Å². The van der Waals surface area contributed by atoms with Gasteiger partial charge < -0.3 is 20.3 Å². The zero-order chi connectivity index (χ0) is 27.1. The van der Waals surface area contributed by atoms with Crippen molar-refractivity contribution in [2.24, 2.45) is 5.92 Å². The first kappa shape index (κ1) is 28.4. The maximum atomic E-state index is 13.4. The van der Waals surface area contributed by atoms with E-state index in [0.29, 0.717) is 51.5 Å². The van der Waals surface area contributed by atoms with Gasteiger partial charge in [0.2, 0.25) is 5.91 Å². The van der Waals surface area contributed by atoms with Crippen LogP contribution in [0.3, 0.4) is 0 Å². The lowest BCUT2D eigenvalue weighted by atomic mass is 9.97. The van der Waals surface area contributed by atoms with Crippen molar-refractivity contribution in [2.75, 3.05) is 32.8 Å². The third-order valence-electron chi connectivity index (χ3n) is 7.84. The number of carbonyl (C=O) groups is 3. The number of nitrogens with zero attached hydrogens (tertiary/aromatic N) is 3. The fraction of sp³-hybridized carbons (Fsp3) is 0.692. The number of ether oxygens (including phenoxy) is 1. The van der Waals surface area contributed by atoms with Gasteiger partial charge in [0.1, 0.15) is 6.04 Å². The molecule has 1 aromatic rings. The first-order chi connectivity index (χ1) is 18.3. The third-order valence-corrected chi connectivity index (χ3v) is 9.72.